The average Bonchev–Trinajstić information content (AvgIpc) is 3.09. The first-order valence-corrected chi connectivity index (χ1v) is 8.27. The van der Waals surface area contributed by atoms with Crippen LogP contribution in [0.5, 0.6) is 0 Å². The molecule has 0 radical (unpaired) electrons. The number of rotatable bonds is 3. The van der Waals surface area contributed by atoms with E-state index in [0.29, 0.717) is 6.04 Å². The molecule has 2 atom stereocenters. The molecule has 1 aromatic carbocycles. The average molecular weight is 334 g/mol. The Hall–Kier alpha value is -1.36. The summed E-state index contributed by atoms with van der Waals surface area (Å²) in [5.74, 6) is 0.966. The lowest BCUT2D eigenvalue weighted by atomic mass is 10.1. The van der Waals surface area contributed by atoms with E-state index in [4.69, 9.17) is 4.52 Å². The Kier molecular flexibility index (Phi) is 5.05. The molecule has 2 bridgehead atoms. The van der Waals surface area contributed by atoms with Crippen LogP contribution in [0.15, 0.2) is 34.9 Å². The fourth-order valence-electron chi connectivity index (χ4n) is 3.63. The second kappa shape index (κ2) is 7.04. The number of aromatic nitrogens is 1. The maximum Gasteiger partial charge on any atom is 0.151 e. The van der Waals surface area contributed by atoms with E-state index in [-0.39, 0.29) is 12.4 Å². The first-order valence-electron chi connectivity index (χ1n) is 8.27. The Morgan fingerprint density at radius 3 is 2.78 bits per heavy atom. The van der Waals surface area contributed by atoms with Crippen LogP contribution in [0.4, 0.5) is 0 Å². The first-order chi connectivity index (χ1) is 10.8. The fourth-order valence-corrected chi connectivity index (χ4v) is 3.63. The SMILES string of the molecule is Cc1ccc(-c2cc(CN3CCC4CCC(C3)N4)on2)cc1.Cl. The molecule has 2 aliphatic rings. The number of hydrogen-bond donors (Lipinski definition) is 1. The lowest BCUT2D eigenvalue weighted by Gasteiger charge is -2.22. The van der Waals surface area contributed by atoms with Gasteiger partial charge in [-0.15, -0.1) is 12.4 Å². The molecule has 0 saturated carbocycles. The Morgan fingerprint density at radius 2 is 1.96 bits per heavy atom. The van der Waals surface area contributed by atoms with E-state index >= 15 is 0 Å². The summed E-state index contributed by atoms with van der Waals surface area (Å²) >= 11 is 0. The zero-order chi connectivity index (χ0) is 14.9. The highest BCUT2D eigenvalue weighted by Crippen LogP contribution is 2.23. The van der Waals surface area contributed by atoms with Crippen molar-refractivity contribution in [1.29, 1.82) is 0 Å². The molecule has 23 heavy (non-hydrogen) atoms. The van der Waals surface area contributed by atoms with Crippen LogP contribution in [0.2, 0.25) is 0 Å². The van der Waals surface area contributed by atoms with Gasteiger partial charge in [0, 0.05) is 36.8 Å². The van der Waals surface area contributed by atoms with E-state index in [1.54, 1.807) is 0 Å². The van der Waals surface area contributed by atoms with Gasteiger partial charge >= 0.3 is 0 Å². The largest absolute Gasteiger partial charge is 0.359 e. The smallest absolute Gasteiger partial charge is 0.151 e. The van der Waals surface area contributed by atoms with Crippen LogP contribution in [0.3, 0.4) is 0 Å². The molecule has 3 heterocycles. The molecule has 124 valence electrons. The van der Waals surface area contributed by atoms with Crippen molar-refractivity contribution in [2.75, 3.05) is 13.1 Å². The monoisotopic (exact) mass is 333 g/mol. The molecule has 5 heteroatoms. The maximum atomic E-state index is 5.56. The lowest BCUT2D eigenvalue weighted by Crippen LogP contribution is -2.34. The number of nitrogens with zero attached hydrogens (tertiary/aromatic N) is 2. The lowest BCUT2D eigenvalue weighted by molar-refractivity contribution is 0.221. The third-order valence-corrected chi connectivity index (χ3v) is 4.89. The molecule has 2 fully saturated rings. The molecule has 2 aromatic rings. The minimum absolute atomic E-state index is 0. The van der Waals surface area contributed by atoms with Crippen LogP contribution in [0, 0.1) is 6.92 Å². The number of likely N-dealkylation sites (tertiary alicyclic amines) is 1. The molecule has 4 rings (SSSR count). The van der Waals surface area contributed by atoms with Crippen molar-refractivity contribution in [1.82, 2.24) is 15.4 Å². The highest BCUT2D eigenvalue weighted by atomic mass is 35.5. The highest BCUT2D eigenvalue weighted by Gasteiger charge is 2.29. The molecule has 2 saturated heterocycles. The minimum atomic E-state index is 0. The fraction of sp³-hybridized carbons (Fsp3) is 0.500. The molecule has 1 N–H and O–H groups in total. The molecule has 0 amide bonds. The molecular weight excluding hydrogens is 310 g/mol. The van der Waals surface area contributed by atoms with Crippen molar-refractivity contribution in [2.45, 2.75) is 44.8 Å². The molecule has 1 aromatic heterocycles. The van der Waals surface area contributed by atoms with Crippen molar-refractivity contribution in [3.05, 3.63) is 41.7 Å². The first kappa shape index (κ1) is 16.5. The van der Waals surface area contributed by atoms with E-state index < -0.39 is 0 Å². The highest BCUT2D eigenvalue weighted by molar-refractivity contribution is 5.85. The zero-order valence-corrected chi connectivity index (χ0v) is 14.3. The second-order valence-corrected chi connectivity index (χ2v) is 6.71. The van der Waals surface area contributed by atoms with E-state index in [1.165, 1.54) is 24.8 Å². The Bertz CT molecular complexity index is 640. The van der Waals surface area contributed by atoms with Gasteiger partial charge in [-0.2, -0.15) is 0 Å². The normalized spacial score (nSPS) is 24.2. The van der Waals surface area contributed by atoms with Gasteiger partial charge in [0.05, 0.1) is 6.54 Å². The maximum absolute atomic E-state index is 5.56. The molecule has 2 unspecified atom stereocenters. The summed E-state index contributed by atoms with van der Waals surface area (Å²) in [7, 11) is 0. The Morgan fingerprint density at radius 1 is 1.17 bits per heavy atom. The number of hydrogen-bond acceptors (Lipinski definition) is 4. The van der Waals surface area contributed by atoms with Crippen molar-refractivity contribution >= 4 is 12.4 Å². The number of halogens is 1. The van der Waals surface area contributed by atoms with Gasteiger partial charge in [0.2, 0.25) is 0 Å². The van der Waals surface area contributed by atoms with Gasteiger partial charge in [0.25, 0.3) is 0 Å². The van der Waals surface area contributed by atoms with Crippen LogP contribution in [0.25, 0.3) is 11.3 Å². The topological polar surface area (TPSA) is 41.3 Å². The summed E-state index contributed by atoms with van der Waals surface area (Å²) in [6, 6.07) is 11.9. The summed E-state index contributed by atoms with van der Waals surface area (Å²) in [4.78, 5) is 2.50. The van der Waals surface area contributed by atoms with Gasteiger partial charge in [-0.3, -0.25) is 4.90 Å². The van der Waals surface area contributed by atoms with Gasteiger partial charge in [0.1, 0.15) is 5.69 Å². The van der Waals surface area contributed by atoms with Crippen LogP contribution in [0.1, 0.15) is 30.6 Å². The third-order valence-electron chi connectivity index (χ3n) is 4.89. The van der Waals surface area contributed by atoms with E-state index in [0.717, 1.165) is 42.7 Å². The van der Waals surface area contributed by atoms with Crippen LogP contribution in [-0.2, 0) is 6.54 Å². The second-order valence-electron chi connectivity index (χ2n) is 6.71. The van der Waals surface area contributed by atoms with Crippen molar-refractivity contribution in [3.8, 4) is 11.3 Å². The van der Waals surface area contributed by atoms with Gasteiger partial charge in [-0.1, -0.05) is 35.0 Å². The molecule has 0 spiro atoms. The van der Waals surface area contributed by atoms with E-state index in [1.807, 2.05) is 0 Å². The standard InChI is InChI=1S/C18H23N3O.ClH/c1-13-2-4-14(5-3-13)18-10-17(22-20-18)12-21-9-8-15-6-7-16(11-21)19-15;/h2-5,10,15-16,19H,6-9,11-12H2,1H3;1H. The number of aryl methyl sites for hydroxylation is 1. The Balaban J connectivity index is 0.00000156. The quantitative estimate of drug-likeness (QED) is 0.934. The van der Waals surface area contributed by atoms with Gasteiger partial charge in [-0.25, -0.2) is 0 Å². The van der Waals surface area contributed by atoms with Crippen LogP contribution >= 0.6 is 12.4 Å². The summed E-state index contributed by atoms with van der Waals surface area (Å²) in [5, 5.41) is 7.95. The summed E-state index contributed by atoms with van der Waals surface area (Å²) in [6.45, 7) is 5.23. The number of nitrogens with one attached hydrogen (secondary N) is 1. The van der Waals surface area contributed by atoms with Crippen molar-refractivity contribution in [2.24, 2.45) is 0 Å². The molecule has 4 nitrogen and oxygen atoms in total. The van der Waals surface area contributed by atoms with E-state index in [9.17, 15) is 0 Å². The summed E-state index contributed by atoms with van der Waals surface area (Å²) < 4.78 is 5.56. The molecule has 2 aliphatic heterocycles. The van der Waals surface area contributed by atoms with Crippen molar-refractivity contribution in [3.63, 3.8) is 0 Å². The predicted molar refractivity (Wildman–Crippen MR) is 93.8 cm³/mol. The zero-order valence-electron chi connectivity index (χ0n) is 13.5. The van der Waals surface area contributed by atoms with Gasteiger partial charge in [-0.05, 0) is 26.2 Å². The number of benzene rings is 1. The van der Waals surface area contributed by atoms with Crippen LogP contribution in [-0.4, -0.2) is 35.2 Å². The minimum Gasteiger partial charge on any atom is -0.359 e. The van der Waals surface area contributed by atoms with Crippen LogP contribution < -0.4 is 5.32 Å². The molecular formula is C18H24ClN3O. The Labute approximate surface area is 143 Å². The van der Waals surface area contributed by atoms with Crippen molar-refractivity contribution < 1.29 is 4.52 Å². The summed E-state index contributed by atoms with van der Waals surface area (Å²) in [5.41, 5.74) is 3.32. The van der Waals surface area contributed by atoms with E-state index in [2.05, 4.69) is 52.6 Å². The van der Waals surface area contributed by atoms with Gasteiger partial charge in [0.15, 0.2) is 5.76 Å². The van der Waals surface area contributed by atoms with Gasteiger partial charge < -0.3 is 9.84 Å². The predicted octanol–water partition coefficient (Wildman–Crippen LogP) is 3.40. The number of fused-ring (bicyclic) bond motifs is 2. The summed E-state index contributed by atoms with van der Waals surface area (Å²) in [6.07, 6.45) is 3.90. The molecule has 0 aliphatic carbocycles. The third kappa shape index (κ3) is 3.77.